The number of aryl methyl sites for hydroxylation is 1. The summed E-state index contributed by atoms with van der Waals surface area (Å²) in [5.41, 5.74) is 1.74. The molecular weight excluding hydrogens is 358 g/mol. The highest BCUT2D eigenvalue weighted by Crippen LogP contribution is 2.35. The normalized spacial score (nSPS) is 17.1. The minimum absolute atomic E-state index is 0.0380. The maximum Gasteiger partial charge on any atom is 0.262 e. The second-order valence-electron chi connectivity index (χ2n) is 8.39. The molecule has 5 nitrogen and oxygen atoms in total. The van der Waals surface area contributed by atoms with Crippen molar-refractivity contribution in [3.8, 4) is 5.88 Å². The number of aromatic nitrogens is 3. The molecule has 0 N–H and O–H groups in total. The van der Waals surface area contributed by atoms with Crippen LogP contribution in [0.25, 0.3) is 10.2 Å². The third-order valence-electron chi connectivity index (χ3n) is 4.81. The van der Waals surface area contributed by atoms with Gasteiger partial charge in [-0.2, -0.15) is 0 Å². The van der Waals surface area contributed by atoms with Crippen LogP contribution >= 0.6 is 11.3 Å². The van der Waals surface area contributed by atoms with E-state index in [-0.39, 0.29) is 11.2 Å². The SMILES string of the molecule is CC1CCc2c(sc3ncn(Cc4cccc(OC(C)(C)C)n4)c(=O)c23)C1. The van der Waals surface area contributed by atoms with E-state index in [0.29, 0.717) is 18.3 Å². The van der Waals surface area contributed by atoms with Gasteiger partial charge in [-0.05, 0) is 57.6 Å². The molecule has 3 aromatic rings. The van der Waals surface area contributed by atoms with Crippen LogP contribution in [0.1, 0.15) is 50.3 Å². The smallest absolute Gasteiger partial charge is 0.262 e. The lowest BCUT2D eigenvalue weighted by Gasteiger charge is -2.20. The summed E-state index contributed by atoms with van der Waals surface area (Å²) in [7, 11) is 0. The van der Waals surface area contributed by atoms with Crippen molar-refractivity contribution in [2.75, 3.05) is 0 Å². The Hall–Kier alpha value is -2.21. The number of hydrogen-bond donors (Lipinski definition) is 0. The highest BCUT2D eigenvalue weighted by atomic mass is 32.1. The van der Waals surface area contributed by atoms with Crippen molar-refractivity contribution in [2.45, 2.75) is 59.1 Å². The Bertz CT molecular complexity index is 1050. The minimum Gasteiger partial charge on any atom is -0.472 e. The van der Waals surface area contributed by atoms with Gasteiger partial charge in [0.25, 0.3) is 5.56 Å². The summed E-state index contributed by atoms with van der Waals surface area (Å²) in [5, 5.41) is 0.812. The summed E-state index contributed by atoms with van der Waals surface area (Å²) in [4.78, 5) is 24.5. The molecule has 27 heavy (non-hydrogen) atoms. The number of rotatable bonds is 3. The maximum atomic E-state index is 13.1. The quantitative estimate of drug-likeness (QED) is 0.680. The largest absolute Gasteiger partial charge is 0.472 e. The van der Waals surface area contributed by atoms with Gasteiger partial charge in [-0.3, -0.25) is 9.36 Å². The summed E-state index contributed by atoms with van der Waals surface area (Å²) < 4.78 is 7.50. The molecule has 1 aliphatic carbocycles. The van der Waals surface area contributed by atoms with Crippen LogP contribution in [-0.2, 0) is 19.4 Å². The third-order valence-corrected chi connectivity index (χ3v) is 5.97. The predicted molar refractivity (Wildman–Crippen MR) is 109 cm³/mol. The zero-order valence-electron chi connectivity index (χ0n) is 16.3. The van der Waals surface area contributed by atoms with E-state index in [4.69, 9.17) is 4.74 Å². The number of thiophene rings is 1. The summed E-state index contributed by atoms with van der Waals surface area (Å²) >= 11 is 1.68. The van der Waals surface area contributed by atoms with Gasteiger partial charge in [0.1, 0.15) is 10.4 Å². The summed E-state index contributed by atoms with van der Waals surface area (Å²) in [6, 6.07) is 5.67. The molecule has 0 bridgehead atoms. The number of nitrogens with zero attached hydrogens (tertiary/aromatic N) is 3. The van der Waals surface area contributed by atoms with Crippen molar-refractivity contribution in [3.63, 3.8) is 0 Å². The van der Waals surface area contributed by atoms with Gasteiger partial charge in [0.05, 0.1) is 24.0 Å². The van der Waals surface area contributed by atoms with Gasteiger partial charge in [0.2, 0.25) is 5.88 Å². The van der Waals surface area contributed by atoms with Gasteiger partial charge < -0.3 is 4.74 Å². The first-order chi connectivity index (χ1) is 12.8. The predicted octanol–water partition coefficient (Wildman–Crippen LogP) is 4.20. The van der Waals surface area contributed by atoms with Crippen LogP contribution in [0.3, 0.4) is 0 Å². The molecular formula is C21H25N3O2S. The van der Waals surface area contributed by atoms with Crippen molar-refractivity contribution in [3.05, 3.63) is 51.0 Å². The first-order valence-corrected chi connectivity index (χ1v) is 10.3. The van der Waals surface area contributed by atoms with Crippen molar-refractivity contribution in [1.82, 2.24) is 14.5 Å². The molecule has 6 heteroatoms. The lowest BCUT2D eigenvalue weighted by atomic mass is 9.89. The molecule has 1 aliphatic rings. The summed E-state index contributed by atoms with van der Waals surface area (Å²) in [5.74, 6) is 1.26. The van der Waals surface area contributed by atoms with Crippen molar-refractivity contribution in [1.29, 1.82) is 0 Å². The molecule has 1 unspecified atom stereocenters. The summed E-state index contributed by atoms with van der Waals surface area (Å²) in [6.07, 6.45) is 4.82. The number of pyridine rings is 1. The Kier molecular flexibility index (Phi) is 4.54. The third kappa shape index (κ3) is 3.76. The first-order valence-electron chi connectivity index (χ1n) is 9.45. The molecule has 1 atom stereocenters. The number of ether oxygens (including phenoxy) is 1. The molecule has 0 spiro atoms. The average Bonchev–Trinajstić information content (AvgIpc) is 2.94. The minimum atomic E-state index is -0.310. The van der Waals surface area contributed by atoms with Crippen LogP contribution in [-0.4, -0.2) is 20.1 Å². The van der Waals surface area contributed by atoms with Crippen molar-refractivity contribution < 1.29 is 4.74 Å². The molecule has 3 aromatic heterocycles. The van der Waals surface area contributed by atoms with Gasteiger partial charge in [0, 0.05) is 10.9 Å². The second-order valence-corrected chi connectivity index (χ2v) is 9.47. The lowest BCUT2D eigenvalue weighted by Crippen LogP contribution is -2.24. The van der Waals surface area contributed by atoms with Gasteiger partial charge in [-0.25, -0.2) is 9.97 Å². The fourth-order valence-electron chi connectivity index (χ4n) is 3.57. The molecule has 0 saturated heterocycles. The van der Waals surface area contributed by atoms with Gasteiger partial charge in [-0.1, -0.05) is 13.0 Å². The Labute approximate surface area is 163 Å². The topological polar surface area (TPSA) is 57.0 Å². The van der Waals surface area contributed by atoms with E-state index in [0.717, 1.165) is 35.2 Å². The fourth-order valence-corrected chi connectivity index (χ4v) is 4.91. The Morgan fingerprint density at radius 3 is 2.93 bits per heavy atom. The maximum absolute atomic E-state index is 13.1. The Morgan fingerprint density at radius 1 is 1.33 bits per heavy atom. The zero-order chi connectivity index (χ0) is 19.2. The molecule has 4 rings (SSSR count). The van der Waals surface area contributed by atoms with Gasteiger partial charge in [0.15, 0.2) is 0 Å². The molecule has 0 aliphatic heterocycles. The van der Waals surface area contributed by atoms with Crippen LogP contribution in [0.2, 0.25) is 0 Å². The monoisotopic (exact) mass is 383 g/mol. The molecule has 0 saturated carbocycles. The van der Waals surface area contributed by atoms with E-state index in [1.807, 2.05) is 39.0 Å². The Balaban J connectivity index is 1.68. The van der Waals surface area contributed by atoms with Crippen LogP contribution in [0.4, 0.5) is 0 Å². The average molecular weight is 384 g/mol. The molecule has 0 aromatic carbocycles. The fraction of sp³-hybridized carbons (Fsp3) is 0.476. The van der Waals surface area contributed by atoms with E-state index in [1.54, 1.807) is 22.2 Å². The van der Waals surface area contributed by atoms with Gasteiger partial charge >= 0.3 is 0 Å². The standard InChI is InChI=1S/C21H25N3O2S/c1-13-8-9-15-16(10-13)27-19-18(15)20(25)24(12-22-19)11-14-6-5-7-17(23-14)26-21(2,3)4/h5-7,12-13H,8-11H2,1-4H3. The van der Waals surface area contributed by atoms with Crippen LogP contribution in [0.15, 0.2) is 29.3 Å². The van der Waals surface area contributed by atoms with Gasteiger partial charge in [-0.15, -0.1) is 11.3 Å². The number of fused-ring (bicyclic) bond motifs is 3. The molecule has 3 heterocycles. The van der Waals surface area contributed by atoms with E-state index in [1.165, 1.54) is 10.4 Å². The summed E-state index contributed by atoms with van der Waals surface area (Å²) in [6.45, 7) is 8.64. The van der Waals surface area contributed by atoms with E-state index < -0.39 is 0 Å². The zero-order valence-corrected chi connectivity index (χ0v) is 17.1. The van der Waals surface area contributed by atoms with E-state index in [9.17, 15) is 4.79 Å². The second kappa shape index (κ2) is 6.75. The van der Waals surface area contributed by atoms with Crippen molar-refractivity contribution >= 4 is 21.6 Å². The van der Waals surface area contributed by atoms with Crippen LogP contribution in [0, 0.1) is 5.92 Å². The number of hydrogen-bond acceptors (Lipinski definition) is 5. The highest BCUT2D eigenvalue weighted by molar-refractivity contribution is 7.18. The Morgan fingerprint density at radius 2 is 2.15 bits per heavy atom. The molecule has 142 valence electrons. The lowest BCUT2D eigenvalue weighted by molar-refractivity contribution is 0.124. The molecule has 0 amide bonds. The highest BCUT2D eigenvalue weighted by Gasteiger charge is 2.23. The van der Waals surface area contributed by atoms with E-state index in [2.05, 4.69) is 16.9 Å². The van der Waals surface area contributed by atoms with E-state index >= 15 is 0 Å². The van der Waals surface area contributed by atoms with Crippen LogP contribution < -0.4 is 10.3 Å². The van der Waals surface area contributed by atoms with Crippen molar-refractivity contribution in [2.24, 2.45) is 5.92 Å². The van der Waals surface area contributed by atoms with Crippen LogP contribution in [0.5, 0.6) is 5.88 Å². The molecule has 0 fully saturated rings. The molecule has 0 radical (unpaired) electrons. The first kappa shape index (κ1) is 18.2.